The number of nitrogens with zero attached hydrogens (tertiary/aromatic N) is 1. The zero-order chi connectivity index (χ0) is 14.5. The lowest BCUT2D eigenvalue weighted by atomic mass is 10.1. The molecular formula is C13H14Br3NO2S. The van der Waals surface area contributed by atoms with Crippen molar-refractivity contribution in [2.24, 2.45) is 0 Å². The minimum absolute atomic E-state index is 0.133. The molecule has 2 bridgehead atoms. The van der Waals surface area contributed by atoms with Gasteiger partial charge < -0.3 is 0 Å². The Hall–Kier alpha value is 0.570. The Balaban J connectivity index is 2.03. The third kappa shape index (κ3) is 2.64. The van der Waals surface area contributed by atoms with Crippen LogP contribution in [0.15, 0.2) is 32.0 Å². The Morgan fingerprint density at radius 1 is 1.10 bits per heavy atom. The molecule has 0 aliphatic carbocycles. The summed E-state index contributed by atoms with van der Waals surface area (Å²) in [5.74, 6) is 0. The molecule has 2 fully saturated rings. The van der Waals surface area contributed by atoms with E-state index in [1.165, 1.54) is 0 Å². The van der Waals surface area contributed by atoms with Crippen LogP contribution in [0.5, 0.6) is 0 Å². The van der Waals surface area contributed by atoms with Crippen LogP contribution in [-0.4, -0.2) is 29.6 Å². The van der Waals surface area contributed by atoms with Crippen LogP contribution < -0.4 is 0 Å². The van der Waals surface area contributed by atoms with Crippen molar-refractivity contribution in [3.63, 3.8) is 0 Å². The van der Waals surface area contributed by atoms with E-state index < -0.39 is 10.0 Å². The molecule has 2 saturated heterocycles. The molecule has 0 radical (unpaired) electrons. The Morgan fingerprint density at radius 3 is 2.30 bits per heavy atom. The quantitative estimate of drug-likeness (QED) is 0.583. The first-order valence-corrected chi connectivity index (χ1v) is 10.5. The molecule has 1 aromatic carbocycles. The van der Waals surface area contributed by atoms with Crippen molar-refractivity contribution in [1.82, 2.24) is 4.31 Å². The van der Waals surface area contributed by atoms with Crippen LogP contribution in [0.4, 0.5) is 0 Å². The molecule has 110 valence electrons. The summed E-state index contributed by atoms with van der Waals surface area (Å²) >= 11 is 10.4. The third-order valence-electron chi connectivity index (χ3n) is 4.06. The fourth-order valence-electron chi connectivity index (χ4n) is 3.25. The molecule has 3 nitrogen and oxygen atoms in total. The molecule has 0 saturated carbocycles. The molecule has 0 N–H and O–H groups in total. The van der Waals surface area contributed by atoms with Gasteiger partial charge in [-0.25, -0.2) is 8.42 Å². The van der Waals surface area contributed by atoms with Gasteiger partial charge in [-0.05, 0) is 59.8 Å². The molecule has 3 rings (SSSR count). The number of rotatable bonds is 2. The summed E-state index contributed by atoms with van der Waals surface area (Å²) in [5, 5.41) is 0. The summed E-state index contributed by atoms with van der Waals surface area (Å²) < 4.78 is 29.1. The first-order chi connectivity index (χ1) is 9.39. The maximum absolute atomic E-state index is 13.0. The Kier molecular flexibility index (Phi) is 4.37. The van der Waals surface area contributed by atoms with Crippen molar-refractivity contribution in [2.45, 2.75) is 47.5 Å². The SMILES string of the molecule is O=S(=O)(c1cc(Br)ccc1Br)N1C2CCC1CC(Br)C2. The third-order valence-corrected chi connectivity index (χ3v) is 8.30. The molecule has 0 spiro atoms. The van der Waals surface area contributed by atoms with Gasteiger partial charge in [-0.2, -0.15) is 4.31 Å². The molecule has 20 heavy (non-hydrogen) atoms. The van der Waals surface area contributed by atoms with Crippen LogP contribution >= 0.6 is 47.8 Å². The van der Waals surface area contributed by atoms with Gasteiger partial charge in [0.15, 0.2) is 0 Å². The first kappa shape index (κ1) is 15.5. The van der Waals surface area contributed by atoms with E-state index in [1.807, 2.05) is 6.07 Å². The van der Waals surface area contributed by atoms with E-state index in [4.69, 9.17) is 0 Å². The minimum atomic E-state index is -3.44. The topological polar surface area (TPSA) is 37.4 Å². The monoisotopic (exact) mass is 485 g/mol. The van der Waals surface area contributed by atoms with E-state index in [2.05, 4.69) is 47.8 Å². The number of hydrogen-bond donors (Lipinski definition) is 0. The van der Waals surface area contributed by atoms with Crippen LogP contribution in [-0.2, 0) is 10.0 Å². The first-order valence-electron chi connectivity index (χ1n) is 6.52. The lowest BCUT2D eigenvalue weighted by molar-refractivity contribution is 0.255. The van der Waals surface area contributed by atoms with Gasteiger partial charge in [0, 0.05) is 25.9 Å². The smallest absolute Gasteiger partial charge is 0.207 e. The van der Waals surface area contributed by atoms with Crippen LogP contribution in [0.3, 0.4) is 0 Å². The Labute approximate surface area is 144 Å². The lowest BCUT2D eigenvalue weighted by Gasteiger charge is -2.36. The summed E-state index contributed by atoms with van der Waals surface area (Å²) in [4.78, 5) is 0.800. The number of hydrogen-bond acceptors (Lipinski definition) is 2. The van der Waals surface area contributed by atoms with E-state index in [9.17, 15) is 8.42 Å². The van der Waals surface area contributed by atoms with Gasteiger partial charge in [0.25, 0.3) is 0 Å². The van der Waals surface area contributed by atoms with Gasteiger partial charge in [-0.3, -0.25) is 0 Å². The van der Waals surface area contributed by atoms with Crippen molar-refractivity contribution in [3.05, 3.63) is 27.1 Å². The summed E-state index contributed by atoms with van der Waals surface area (Å²) in [6.07, 6.45) is 3.75. The number of sulfonamides is 1. The normalized spacial score (nSPS) is 30.6. The molecule has 0 amide bonds. The molecule has 2 aliphatic heterocycles. The molecule has 1 aromatic rings. The predicted molar refractivity (Wildman–Crippen MR) is 89.6 cm³/mol. The molecule has 7 heteroatoms. The summed E-state index contributed by atoms with van der Waals surface area (Å²) in [5.41, 5.74) is 0. The van der Waals surface area contributed by atoms with Gasteiger partial charge in [0.2, 0.25) is 10.0 Å². The highest BCUT2D eigenvalue weighted by molar-refractivity contribution is 9.11. The average Bonchev–Trinajstić information content (AvgIpc) is 2.66. The summed E-state index contributed by atoms with van der Waals surface area (Å²) in [7, 11) is -3.44. The second-order valence-corrected chi connectivity index (χ2v) is 10.2. The number of piperidine rings is 1. The molecule has 0 aromatic heterocycles. The lowest BCUT2D eigenvalue weighted by Crippen LogP contribution is -2.46. The second kappa shape index (κ2) is 5.65. The van der Waals surface area contributed by atoms with E-state index in [0.717, 1.165) is 30.2 Å². The zero-order valence-corrected chi connectivity index (χ0v) is 16.2. The number of halogens is 3. The fourth-order valence-corrected chi connectivity index (χ4v) is 7.47. The summed E-state index contributed by atoms with van der Waals surface area (Å²) in [6, 6.07) is 5.56. The largest absolute Gasteiger partial charge is 0.244 e. The Bertz CT molecular complexity index is 621. The van der Waals surface area contributed by atoms with E-state index >= 15 is 0 Å². The maximum atomic E-state index is 13.0. The van der Waals surface area contributed by atoms with Crippen LogP contribution in [0.25, 0.3) is 0 Å². The van der Waals surface area contributed by atoms with Crippen molar-refractivity contribution in [3.8, 4) is 0 Å². The molecule has 2 aliphatic rings. The molecular weight excluding hydrogens is 474 g/mol. The Morgan fingerprint density at radius 2 is 1.70 bits per heavy atom. The van der Waals surface area contributed by atoms with E-state index in [1.54, 1.807) is 16.4 Å². The van der Waals surface area contributed by atoms with Crippen molar-refractivity contribution in [2.75, 3.05) is 0 Å². The van der Waals surface area contributed by atoms with Gasteiger partial charge in [0.1, 0.15) is 0 Å². The van der Waals surface area contributed by atoms with Gasteiger partial charge in [0.05, 0.1) is 4.90 Å². The second-order valence-electron chi connectivity index (χ2n) is 5.36. The summed E-state index contributed by atoms with van der Waals surface area (Å²) in [6.45, 7) is 0. The van der Waals surface area contributed by atoms with Gasteiger partial charge >= 0.3 is 0 Å². The van der Waals surface area contributed by atoms with E-state index in [-0.39, 0.29) is 12.1 Å². The predicted octanol–water partition coefficient (Wildman–Crippen LogP) is 4.29. The zero-order valence-electron chi connectivity index (χ0n) is 10.6. The standard InChI is InChI=1S/C13H14Br3NO2S/c14-8-1-4-12(16)13(7-8)20(18,19)17-10-2-3-11(17)6-9(15)5-10/h1,4,7,9-11H,2-3,5-6H2. The maximum Gasteiger partial charge on any atom is 0.244 e. The van der Waals surface area contributed by atoms with Crippen molar-refractivity contribution in [1.29, 1.82) is 0 Å². The van der Waals surface area contributed by atoms with Crippen molar-refractivity contribution >= 4 is 57.8 Å². The average molecular weight is 488 g/mol. The number of benzene rings is 1. The van der Waals surface area contributed by atoms with E-state index in [0.29, 0.717) is 14.2 Å². The van der Waals surface area contributed by atoms with Crippen LogP contribution in [0.1, 0.15) is 25.7 Å². The highest BCUT2D eigenvalue weighted by Gasteiger charge is 2.47. The highest BCUT2D eigenvalue weighted by atomic mass is 79.9. The molecule has 2 atom stereocenters. The van der Waals surface area contributed by atoms with Crippen LogP contribution in [0, 0.1) is 0 Å². The van der Waals surface area contributed by atoms with Crippen molar-refractivity contribution < 1.29 is 8.42 Å². The molecule has 2 unspecified atom stereocenters. The van der Waals surface area contributed by atoms with Crippen LogP contribution in [0.2, 0.25) is 0 Å². The molecule has 2 heterocycles. The van der Waals surface area contributed by atoms with Gasteiger partial charge in [-0.1, -0.05) is 31.9 Å². The number of alkyl halides is 1. The number of fused-ring (bicyclic) bond motifs is 2. The fraction of sp³-hybridized carbons (Fsp3) is 0.538. The van der Waals surface area contributed by atoms with Gasteiger partial charge in [-0.15, -0.1) is 0 Å². The highest BCUT2D eigenvalue weighted by Crippen LogP contribution is 2.43. The minimum Gasteiger partial charge on any atom is -0.207 e.